The van der Waals surface area contributed by atoms with Crippen LogP contribution >= 0.6 is 0 Å². The summed E-state index contributed by atoms with van der Waals surface area (Å²) in [6.45, 7) is 0. The van der Waals surface area contributed by atoms with Crippen molar-refractivity contribution < 1.29 is 9.00 Å². The highest BCUT2D eigenvalue weighted by Gasteiger charge is 2.28. The molecule has 0 saturated heterocycles. The largest absolute Gasteiger partial charge is 0.268 e. The molecule has 1 atom stereocenters. The van der Waals surface area contributed by atoms with Crippen LogP contribution in [0.25, 0.3) is 20.9 Å². The molecule has 84 valence electrons. The predicted molar refractivity (Wildman–Crippen MR) is 57.9 cm³/mol. The number of benzene rings is 1. The highest BCUT2D eigenvalue weighted by molar-refractivity contribution is 7.84. The van der Waals surface area contributed by atoms with E-state index in [9.17, 15) is 9.00 Å². The fourth-order valence-electron chi connectivity index (χ4n) is 1.39. The number of hydrogen-bond acceptors (Lipinski definition) is 4. The number of hydrogen-bond donors (Lipinski definition) is 1. The molecule has 0 aliphatic carbocycles. The number of fused-ring (bicyclic) bond motifs is 1. The molecular formula is C7H3N7O2S. The van der Waals surface area contributed by atoms with Gasteiger partial charge >= 0.3 is 0 Å². The van der Waals surface area contributed by atoms with E-state index in [1.165, 1.54) is 12.1 Å². The zero-order valence-corrected chi connectivity index (χ0v) is 8.88. The maximum absolute atomic E-state index is 11.5. The Bertz CT molecular complexity index is 642. The molecule has 1 heterocycles. The van der Waals surface area contributed by atoms with Gasteiger partial charge in [0.2, 0.25) is 0 Å². The van der Waals surface area contributed by atoms with Crippen LogP contribution in [0.5, 0.6) is 0 Å². The van der Waals surface area contributed by atoms with E-state index in [1.54, 1.807) is 0 Å². The van der Waals surface area contributed by atoms with Crippen LogP contribution in [0.1, 0.15) is 10.4 Å². The molecule has 10 heteroatoms. The quantitative estimate of drug-likeness (QED) is 0.487. The summed E-state index contributed by atoms with van der Waals surface area (Å²) in [5, 5.41) is 6.62. The summed E-state index contributed by atoms with van der Waals surface area (Å²) in [6.07, 6.45) is 0. The Labute approximate surface area is 96.3 Å². The van der Waals surface area contributed by atoms with Crippen LogP contribution in [0, 0.1) is 0 Å². The number of carbonyl (C=O) groups excluding carboxylic acids is 1. The Morgan fingerprint density at radius 3 is 2.59 bits per heavy atom. The lowest BCUT2D eigenvalue weighted by atomic mass is 10.1. The Balaban J connectivity index is 2.78. The zero-order valence-electron chi connectivity index (χ0n) is 8.06. The van der Waals surface area contributed by atoms with Crippen LogP contribution in [0.2, 0.25) is 0 Å². The topological polar surface area (TPSA) is 144 Å². The van der Waals surface area contributed by atoms with Crippen molar-refractivity contribution in [3.05, 3.63) is 38.6 Å². The highest BCUT2D eigenvalue weighted by Crippen LogP contribution is 2.34. The standard InChI is InChI=1S/C7H3N7O2S/c8-13-10-3-1-4(11-14-9)6-5(2-3)17(16)12-7(6)15/h1-2H,(H,12,15). The van der Waals surface area contributed by atoms with Crippen molar-refractivity contribution in [2.75, 3.05) is 0 Å². The summed E-state index contributed by atoms with van der Waals surface area (Å²) in [7, 11) is -1.72. The summed E-state index contributed by atoms with van der Waals surface area (Å²) >= 11 is 0. The van der Waals surface area contributed by atoms with Gasteiger partial charge in [0, 0.05) is 15.5 Å². The van der Waals surface area contributed by atoms with Gasteiger partial charge in [0.1, 0.15) is 0 Å². The van der Waals surface area contributed by atoms with Crippen molar-refractivity contribution in [3.8, 4) is 0 Å². The maximum Gasteiger partial charge on any atom is 0.264 e. The molecule has 0 bridgehead atoms. The molecule has 0 aromatic heterocycles. The first-order valence-electron chi connectivity index (χ1n) is 4.18. The van der Waals surface area contributed by atoms with Gasteiger partial charge < -0.3 is 0 Å². The molecule has 1 amide bonds. The first-order valence-corrected chi connectivity index (χ1v) is 5.33. The Kier molecular flexibility index (Phi) is 2.67. The SMILES string of the molecule is [N-]=[N+]=Nc1cc(N=[N+]=[N-])c2c(c1)S(=O)NC2=O. The van der Waals surface area contributed by atoms with Crippen LogP contribution in [0.3, 0.4) is 0 Å². The van der Waals surface area contributed by atoms with E-state index in [2.05, 4.69) is 24.8 Å². The number of rotatable bonds is 2. The van der Waals surface area contributed by atoms with Gasteiger partial charge in [-0.3, -0.25) is 9.52 Å². The van der Waals surface area contributed by atoms with Crippen molar-refractivity contribution in [1.29, 1.82) is 0 Å². The Morgan fingerprint density at radius 1 is 1.24 bits per heavy atom. The predicted octanol–water partition coefficient (Wildman–Crippen LogP) is 2.34. The van der Waals surface area contributed by atoms with Crippen molar-refractivity contribution >= 4 is 28.3 Å². The first-order chi connectivity index (χ1) is 8.17. The van der Waals surface area contributed by atoms with Crippen LogP contribution < -0.4 is 4.72 Å². The number of carbonyl (C=O) groups is 1. The molecule has 0 fully saturated rings. The Morgan fingerprint density at radius 2 is 1.94 bits per heavy atom. The normalized spacial score (nSPS) is 16.5. The molecule has 9 nitrogen and oxygen atoms in total. The average Bonchev–Trinajstić information content (AvgIpc) is 2.56. The molecule has 1 aliphatic rings. The fraction of sp³-hybridized carbons (Fsp3) is 0. The van der Waals surface area contributed by atoms with Gasteiger partial charge in [0.25, 0.3) is 5.91 Å². The fourth-order valence-corrected chi connectivity index (χ4v) is 2.38. The van der Waals surface area contributed by atoms with Gasteiger partial charge in [0.15, 0.2) is 11.0 Å². The first kappa shape index (κ1) is 11.0. The van der Waals surface area contributed by atoms with Crippen LogP contribution in [0.4, 0.5) is 11.4 Å². The van der Waals surface area contributed by atoms with Crippen LogP contribution in [-0.4, -0.2) is 10.1 Å². The maximum atomic E-state index is 11.5. The molecule has 0 spiro atoms. The van der Waals surface area contributed by atoms with Gasteiger partial charge in [-0.25, -0.2) is 4.21 Å². The molecular weight excluding hydrogens is 246 g/mol. The lowest BCUT2D eigenvalue weighted by molar-refractivity contribution is 0.0986. The van der Waals surface area contributed by atoms with Crippen molar-refractivity contribution in [2.24, 2.45) is 10.2 Å². The lowest BCUT2D eigenvalue weighted by Gasteiger charge is -2.00. The van der Waals surface area contributed by atoms with E-state index in [1.807, 2.05) is 0 Å². The smallest absolute Gasteiger partial charge is 0.264 e. The molecule has 1 aromatic rings. The molecule has 2 rings (SSSR count). The molecule has 1 aromatic carbocycles. The molecule has 0 saturated carbocycles. The summed E-state index contributed by atoms with van der Waals surface area (Å²) in [4.78, 5) is 16.7. The Hall–Kier alpha value is -2.54. The lowest BCUT2D eigenvalue weighted by Crippen LogP contribution is -2.15. The minimum atomic E-state index is -1.72. The second kappa shape index (κ2) is 4.14. The summed E-state index contributed by atoms with van der Waals surface area (Å²) in [6, 6.07) is 2.56. The third kappa shape index (κ3) is 1.79. The molecule has 17 heavy (non-hydrogen) atoms. The van der Waals surface area contributed by atoms with Gasteiger partial charge in [-0.2, -0.15) is 0 Å². The van der Waals surface area contributed by atoms with Crippen LogP contribution in [-0.2, 0) is 11.0 Å². The molecule has 1 N–H and O–H groups in total. The minimum absolute atomic E-state index is 0.0178. The van der Waals surface area contributed by atoms with E-state index < -0.39 is 16.9 Å². The van der Waals surface area contributed by atoms with E-state index in [0.717, 1.165) is 0 Å². The second-order valence-corrected chi connectivity index (χ2v) is 4.10. The summed E-state index contributed by atoms with van der Waals surface area (Å²) in [5.41, 5.74) is 16.8. The van der Waals surface area contributed by atoms with Gasteiger partial charge in [-0.05, 0) is 23.2 Å². The molecule has 1 aliphatic heterocycles. The van der Waals surface area contributed by atoms with Gasteiger partial charge in [0.05, 0.1) is 16.1 Å². The third-order valence-corrected chi connectivity index (χ3v) is 3.08. The number of nitrogens with zero attached hydrogens (tertiary/aromatic N) is 6. The van der Waals surface area contributed by atoms with Crippen LogP contribution in [0.15, 0.2) is 27.3 Å². The number of nitrogens with one attached hydrogen (secondary N) is 1. The van der Waals surface area contributed by atoms with Gasteiger partial charge in [-0.1, -0.05) is 10.2 Å². The molecule has 1 unspecified atom stereocenters. The second-order valence-electron chi connectivity index (χ2n) is 2.92. The third-order valence-electron chi connectivity index (χ3n) is 1.99. The van der Waals surface area contributed by atoms with Crippen molar-refractivity contribution in [3.63, 3.8) is 0 Å². The van der Waals surface area contributed by atoms with E-state index in [-0.39, 0.29) is 21.8 Å². The van der Waals surface area contributed by atoms with Crippen molar-refractivity contribution in [2.45, 2.75) is 4.90 Å². The minimum Gasteiger partial charge on any atom is -0.268 e. The number of azide groups is 2. The summed E-state index contributed by atoms with van der Waals surface area (Å²) in [5.74, 6) is -0.590. The van der Waals surface area contributed by atoms with Gasteiger partial charge in [-0.15, -0.1) is 0 Å². The average molecular weight is 249 g/mol. The van der Waals surface area contributed by atoms with Crippen molar-refractivity contribution in [1.82, 2.24) is 4.72 Å². The van der Waals surface area contributed by atoms with E-state index in [4.69, 9.17) is 11.1 Å². The monoisotopic (exact) mass is 249 g/mol. The number of amides is 1. The highest BCUT2D eigenvalue weighted by atomic mass is 32.2. The summed E-state index contributed by atoms with van der Waals surface area (Å²) < 4.78 is 13.7. The zero-order chi connectivity index (χ0) is 12.4. The molecule has 0 radical (unpaired) electrons. The van der Waals surface area contributed by atoms with E-state index >= 15 is 0 Å². The van der Waals surface area contributed by atoms with E-state index in [0.29, 0.717) is 0 Å².